The molecule has 36 heavy (non-hydrogen) atoms. The third-order valence-corrected chi connectivity index (χ3v) is 6.97. The van der Waals surface area contributed by atoms with Crippen molar-refractivity contribution in [3.8, 4) is 11.5 Å². The van der Waals surface area contributed by atoms with Crippen LogP contribution in [0.1, 0.15) is 35.6 Å². The SMILES string of the molecule is CCn1c(SCC(=O)Nc2ccccc2OC)nnc1[C@H](CCSC)NC(=O)c1ccc(OC)cc1. The van der Waals surface area contributed by atoms with Crippen LogP contribution in [0.5, 0.6) is 11.5 Å². The Morgan fingerprint density at radius 2 is 1.81 bits per heavy atom. The van der Waals surface area contributed by atoms with Gasteiger partial charge in [-0.3, -0.25) is 9.59 Å². The molecular weight excluding hydrogens is 498 g/mol. The Balaban J connectivity index is 1.71. The van der Waals surface area contributed by atoms with Gasteiger partial charge in [-0.25, -0.2) is 0 Å². The number of anilines is 1. The zero-order valence-corrected chi connectivity index (χ0v) is 22.4. The predicted octanol–water partition coefficient (Wildman–Crippen LogP) is 4.27. The number of nitrogens with zero attached hydrogens (tertiary/aromatic N) is 3. The first kappa shape index (κ1) is 27.4. The molecular formula is C25H31N5O4S2. The highest BCUT2D eigenvalue weighted by molar-refractivity contribution is 7.99. The van der Waals surface area contributed by atoms with Gasteiger partial charge in [0.25, 0.3) is 5.91 Å². The largest absolute Gasteiger partial charge is 0.497 e. The van der Waals surface area contributed by atoms with Gasteiger partial charge in [-0.15, -0.1) is 10.2 Å². The van der Waals surface area contributed by atoms with Gasteiger partial charge < -0.3 is 24.7 Å². The highest BCUT2D eigenvalue weighted by Gasteiger charge is 2.23. The van der Waals surface area contributed by atoms with Crippen LogP contribution in [-0.2, 0) is 11.3 Å². The van der Waals surface area contributed by atoms with Crippen molar-refractivity contribution in [3.05, 3.63) is 59.9 Å². The molecule has 9 nitrogen and oxygen atoms in total. The van der Waals surface area contributed by atoms with Crippen molar-refractivity contribution < 1.29 is 19.1 Å². The lowest BCUT2D eigenvalue weighted by Crippen LogP contribution is -2.31. The van der Waals surface area contributed by atoms with Gasteiger partial charge in [0.2, 0.25) is 5.91 Å². The number of benzene rings is 2. The first-order chi connectivity index (χ1) is 17.5. The van der Waals surface area contributed by atoms with E-state index in [1.54, 1.807) is 62.4 Å². The molecule has 192 valence electrons. The minimum absolute atomic E-state index is 0.157. The van der Waals surface area contributed by atoms with E-state index in [1.807, 2.05) is 29.9 Å². The predicted molar refractivity (Wildman–Crippen MR) is 144 cm³/mol. The van der Waals surface area contributed by atoms with Crippen LogP contribution in [0.4, 0.5) is 5.69 Å². The molecule has 0 aliphatic carbocycles. The van der Waals surface area contributed by atoms with Gasteiger partial charge in [0.1, 0.15) is 11.5 Å². The molecule has 0 saturated carbocycles. The van der Waals surface area contributed by atoms with Crippen molar-refractivity contribution >= 4 is 41.0 Å². The van der Waals surface area contributed by atoms with E-state index < -0.39 is 0 Å². The number of carbonyl (C=O) groups excluding carboxylic acids is 2. The molecule has 1 atom stereocenters. The lowest BCUT2D eigenvalue weighted by molar-refractivity contribution is -0.113. The summed E-state index contributed by atoms with van der Waals surface area (Å²) in [6.07, 6.45) is 2.72. The van der Waals surface area contributed by atoms with E-state index in [1.165, 1.54) is 11.8 Å². The number of hydrogen-bond donors (Lipinski definition) is 2. The number of carbonyl (C=O) groups is 2. The quantitative estimate of drug-likeness (QED) is 0.316. The molecule has 2 amide bonds. The number of hydrogen-bond acceptors (Lipinski definition) is 8. The highest BCUT2D eigenvalue weighted by atomic mass is 32.2. The molecule has 0 saturated heterocycles. The highest BCUT2D eigenvalue weighted by Crippen LogP contribution is 2.26. The maximum Gasteiger partial charge on any atom is 0.251 e. The Bertz CT molecular complexity index is 1150. The molecule has 2 N–H and O–H groups in total. The normalized spacial score (nSPS) is 11.6. The first-order valence-electron chi connectivity index (χ1n) is 11.4. The average Bonchev–Trinajstić information content (AvgIpc) is 3.32. The topological polar surface area (TPSA) is 107 Å². The second-order valence-electron chi connectivity index (χ2n) is 7.66. The van der Waals surface area contributed by atoms with Crippen LogP contribution >= 0.6 is 23.5 Å². The first-order valence-corrected chi connectivity index (χ1v) is 13.8. The third-order valence-electron chi connectivity index (χ3n) is 5.35. The molecule has 2 aromatic carbocycles. The maximum absolute atomic E-state index is 13.0. The Kier molecular flexibility index (Phi) is 10.5. The van der Waals surface area contributed by atoms with E-state index >= 15 is 0 Å². The molecule has 1 heterocycles. The van der Waals surface area contributed by atoms with Crippen molar-refractivity contribution in [1.82, 2.24) is 20.1 Å². The van der Waals surface area contributed by atoms with E-state index in [0.29, 0.717) is 46.7 Å². The fourth-order valence-electron chi connectivity index (χ4n) is 3.51. The van der Waals surface area contributed by atoms with Crippen molar-refractivity contribution in [2.75, 3.05) is 37.3 Å². The second-order valence-corrected chi connectivity index (χ2v) is 9.59. The monoisotopic (exact) mass is 529 g/mol. The number of amides is 2. The van der Waals surface area contributed by atoms with Crippen LogP contribution < -0.4 is 20.1 Å². The Morgan fingerprint density at radius 3 is 2.47 bits per heavy atom. The summed E-state index contributed by atoms with van der Waals surface area (Å²) >= 11 is 3.00. The maximum atomic E-state index is 13.0. The molecule has 1 aromatic heterocycles. The summed E-state index contributed by atoms with van der Waals surface area (Å²) < 4.78 is 12.4. The van der Waals surface area contributed by atoms with Crippen LogP contribution in [0.25, 0.3) is 0 Å². The van der Waals surface area contributed by atoms with Crippen molar-refractivity contribution in [2.45, 2.75) is 31.1 Å². The molecule has 0 radical (unpaired) electrons. The second kappa shape index (κ2) is 13.8. The summed E-state index contributed by atoms with van der Waals surface area (Å²) in [6, 6.07) is 13.9. The lowest BCUT2D eigenvalue weighted by atomic mass is 10.1. The molecule has 0 unspecified atom stereocenters. The number of thioether (sulfide) groups is 2. The minimum Gasteiger partial charge on any atom is -0.497 e. The molecule has 0 aliphatic heterocycles. The van der Waals surface area contributed by atoms with Gasteiger partial charge in [-0.05, 0) is 61.8 Å². The molecule has 3 rings (SSSR count). The zero-order valence-electron chi connectivity index (χ0n) is 20.8. The molecule has 0 aliphatic rings. The zero-order chi connectivity index (χ0) is 25.9. The summed E-state index contributed by atoms with van der Waals surface area (Å²) in [5, 5.41) is 15.3. The fraction of sp³-hybridized carbons (Fsp3) is 0.360. The number of aromatic nitrogens is 3. The van der Waals surface area contributed by atoms with Crippen LogP contribution in [0.3, 0.4) is 0 Å². The molecule has 0 spiro atoms. The summed E-state index contributed by atoms with van der Waals surface area (Å²) in [5.74, 6) is 2.58. The summed E-state index contributed by atoms with van der Waals surface area (Å²) in [4.78, 5) is 25.5. The molecule has 3 aromatic rings. The number of para-hydroxylation sites is 2. The summed E-state index contributed by atoms with van der Waals surface area (Å²) in [6.45, 7) is 2.59. The van der Waals surface area contributed by atoms with E-state index in [9.17, 15) is 9.59 Å². The van der Waals surface area contributed by atoms with E-state index in [2.05, 4.69) is 20.8 Å². The van der Waals surface area contributed by atoms with Crippen LogP contribution in [-0.4, -0.2) is 58.6 Å². The Morgan fingerprint density at radius 1 is 1.06 bits per heavy atom. The van der Waals surface area contributed by atoms with Gasteiger partial charge in [-0.2, -0.15) is 11.8 Å². The number of rotatable bonds is 13. The van der Waals surface area contributed by atoms with Gasteiger partial charge in [0, 0.05) is 12.1 Å². The van der Waals surface area contributed by atoms with Gasteiger partial charge >= 0.3 is 0 Å². The Hall–Kier alpha value is -3.18. The van der Waals surface area contributed by atoms with Crippen molar-refractivity contribution in [1.29, 1.82) is 0 Å². The smallest absolute Gasteiger partial charge is 0.251 e. The lowest BCUT2D eigenvalue weighted by Gasteiger charge is -2.19. The van der Waals surface area contributed by atoms with Crippen LogP contribution in [0, 0.1) is 0 Å². The van der Waals surface area contributed by atoms with Gasteiger partial charge in [-0.1, -0.05) is 23.9 Å². The van der Waals surface area contributed by atoms with Gasteiger partial charge in [0.05, 0.1) is 31.7 Å². The van der Waals surface area contributed by atoms with E-state index in [0.717, 1.165) is 5.75 Å². The molecule has 11 heteroatoms. The van der Waals surface area contributed by atoms with E-state index in [4.69, 9.17) is 9.47 Å². The third kappa shape index (κ3) is 7.17. The Labute approximate surface area is 219 Å². The number of methoxy groups -OCH3 is 2. The summed E-state index contributed by atoms with van der Waals surface area (Å²) in [7, 11) is 3.15. The molecule has 0 bridgehead atoms. The molecule has 0 fully saturated rings. The van der Waals surface area contributed by atoms with Crippen LogP contribution in [0.15, 0.2) is 53.7 Å². The minimum atomic E-state index is -0.323. The number of ether oxygens (including phenoxy) is 2. The van der Waals surface area contributed by atoms with E-state index in [-0.39, 0.29) is 23.6 Å². The van der Waals surface area contributed by atoms with Gasteiger partial charge in [0.15, 0.2) is 11.0 Å². The fourth-order valence-corrected chi connectivity index (χ4v) is 4.79. The average molecular weight is 530 g/mol. The van der Waals surface area contributed by atoms with Crippen molar-refractivity contribution in [2.24, 2.45) is 0 Å². The number of nitrogens with one attached hydrogen (secondary N) is 2. The standard InChI is InChI=1S/C25H31N5O4S2/c1-5-30-23(20(14-15-35-4)27-24(32)17-10-12-18(33-2)13-11-17)28-29-25(30)36-16-22(31)26-19-8-6-7-9-21(19)34-3/h6-13,20H,5,14-16H2,1-4H3,(H,26,31)(H,27,32)/t20-/m0/s1. The van der Waals surface area contributed by atoms with Crippen LogP contribution in [0.2, 0.25) is 0 Å². The van der Waals surface area contributed by atoms with Crippen molar-refractivity contribution in [3.63, 3.8) is 0 Å². The summed E-state index contributed by atoms with van der Waals surface area (Å²) in [5.41, 5.74) is 1.15.